The number of aryl methyl sites for hydroxylation is 2. The van der Waals surface area contributed by atoms with Crippen molar-refractivity contribution < 1.29 is 4.79 Å². The Morgan fingerprint density at radius 3 is 2.85 bits per heavy atom. The maximum atomic E-state index is 12.8. The standard InChI is InChI=1S/C19H22N6O.ClH/c20-12-17(16-6-5-13-3-1-2-4-15(13)11-16)21-19(26)14-7-8-18-22-23-24-25(18)10-9-14;/h1-6,11,14,17H,7-10,12,20H2,(H,21,26);1H. The zero-order valence-corrected chi connectivity index (χ0v) is 15.7. The molecule has 0 saturated heterocycles. The molecular weight excluding hydrogens is 364 g/mol. The number of nitrogens with zero attached hydrogens (tertiary/aromatic N) is 4. The maximum Gasteiger partial charge on any atom is 0.223 e. The summed E-state index contributed by atoms with van der Waals surface area (Å²) in [6.45, 7) is 1.04. The van der Waals surface area contributed by atoms with Crippen molar-refractivity contribution in [3.63, 3.8) is 0 Å². The maximum absolute atomic E-state index is 12.8. The summed E-state index contributed by atoms with van der Waals surface area (Å²) in [4.78, 5) is 12.8. The van der Waals surface area contributed by atoms with Crippen LogP contribution in [0.4, 0.5) is 0 Å². The summed E-state index contributed by atoms with van der Waals surface area (Å²) in [6, 6.07) is 14.2. The number of carbonyl (C=O) groups excluding carboxylic acids is 1. The first-order valence-electron chi connectivity index (χ1n) is 8.99. The van der Waals surface area contributed by atoms with Crippen LogP contribution in [0, 0.1) is 5.92 Å². The van der Waals surface area contributed by atoms with Gasteiger partial charge in [-0.1, -0.05) is 36.4 Å². The number of fused-ring (bicyclic) bond motifs is 2. The van der Waals surface area contributed by atoms with Crippen LogP contribution in [0.15, 0.2) is 42.5 Å². The van der Waals surface area contributed by atoms with Crippen LogP contribution in [0.5, 0.6) is 0 Å². The number of nitrogens with two attached hydrogens (primary N) is 1. The lowest BCUT2D eigenvalue weighted by Gasteiger charge is -2.21. The third kappa shape index (κ3) is 4.09. The Morgan fingerprint density at radius 2 is 2.04 bits per heavy atom. The highest BCUT2D eigenvalue weighted by molar-refractivity contribution is 5.85. The van der Waals surface area contributed by atoms with E-state index < -0.39 is 0 Å². The summed E-state index contributed by atoms with van der Waals surface area (Å²) in [7, 11) is 0. The van der Waals surface area contributed by atoms with Gasteiger partial charge in [-0.3, -0.25) is 4.79 Å². The molecule has 2 unspecified atom stereocenters. The van der Waals surface area contributed by atoms with E-state index in [9.17, 15) is 4.79 Å². The van der Waals surface area contributed by atoms with Gasteiger partial charge in [0.05, 0.1) is 6.04 Å². The van der Waals surface area contributed by atoms with Gasteiger partial charge in [-0.2, -0.15) is 0 Å². The molecule has 2 aromatic carbocycles. The number of hydrogen-bond acceptors (Lipinski definition) is 5. The molecule has 1 aromatic heterocycles. The molecule has 1 amide bonds. The van der Waals surface area contributed by atoms with Crippen molar-refractivity contribution in [2.24, 2.45) is 11.7 Å². The minimum Gasteiger partial charge on any atom is -0.348 e. The van der Waals surface area contributed by atoms with Crippen molar-refractivity contribution >= 4 is 29.1 Å². The zero-order valence-electron chi connectivity index (χ0n) is 14.9. The molecule has 0 aliphatic carbocycles. The molecule has 1 aliphatic rings. The van der Waals surface area contributed by atoms with E-state index in [-0.39, 0.29) is 30.3 Å². The molecule has 3 N–H and O–H groups in total. The van der Waals surface area contributed by atoms with Crippen LogP contribution in [-0.2, 0) is 17.8 Å². The average molecular weight is 387 g/mol. The summed E-state index contributed by atoms with van der Waals surface area (Å²) < 4.78 is 1.79. The number of hydrogen-bond donors (Lipinski definition) is 2. The van der Waals surface area contributed by atoms with Crippen molar-refractivity contribution in [1.29, 1.82) is 0 Å². The molecule has 142 valence electrons. The third-order valence-electron chi connectivity index (χ3n) is 5.11. The van der Waals surface area contributed by atoms with Gasteiger partial charge in [-0.05, 0) is 45.7 Å². The summed E-state index contributed by atoms with van der Waals surface area (Å²) in [6.07, 6.45) is 2.20. The number of aromatic nitrogens is 4. The Bertz CT molecular complexity index is 905. The van der Waals surface area contributed by atoms with Crippen molar-refractivity contribution in [3.8, 4) is 0 Å². The van der Waals surface area contributed by atoms with E-state index in [4.69, 9.17) is 5.73 Å². The van der Waals surface area contributed by atoms with E-state index in [1.807, 2.05) is 18.2 Å². The molecule has 8 heteroatoms. The number of tetrazole rings is 1. The molecule has 0 fully saturated rings. The van der Waals surface area contributed by atoms with Gasteiger partial charge >= 0.3 is 0 Å². The monoisotopic (exact) mass is 386 g/mol. The van der Waals surface area contributed by atoms with Crippen LogP contribution >= 0.6 is 12.4 Å². The molecule has 0 radical (unpaired) electrons. The van der Waals surface area contributed by atoms with Crippen LogP contribution < -0.4 is 11.1 Å². The average Bonchev–Trinajstić information content (AvgIpc) is 3.03. The van der Waals surface area contributed by atoms with E-state index in [1.54, 1.807) is 4.68 Å². The Kier molecular flexibility index (Phi) is 6.03. The highest BCUT2D eigenvalue weighted by atomic mass is 35.5. The Balaban J connectivity index is 0.00000210. The second kappa shape index (κ2) is 8.45. The largest absolute Gasteiger partial charge is 0.348 e. The van der Waals surface area contributed by atoms with Crippen molar-refractivity contribution in [2.45, 2.75) is 31.8 Å². The first kappa shape index (κ1) is 19.3. The predicted octanol–water partition coefficient (Wildman–Crippen LogP) is 2.02. The lowest BCUT2D eigenvalue weighted by molar-refractivity contribution is -0.126. The number of carbonyl (C=O) groups is 1. The zero-order chi connectivity index (χ0) is 17.9. The first-order valence-corrected chi connectivity index (χ1v) is 8.99. The highest BCUT2D eigenvalue weighted by Crippen LogP contribution is 2.22. The van der Waals surface area contributed by atoms with Gasteiger partial charge in [0.2, 0.25) is 5.91 Å². The fourth-order valence-corrected chi connectivity index (χ4v) is 3.56. The Hall–Kier alpha value is -2.51. The van der Waals surface area contributed by atoms with Gasteiger partial charge < -0.3 is 11.1 Å². The second-order valence-electron chi connectivity index (χ2n) is 6.75. The van der Waals surface area contributed by atoms with E-state index in [1.165, 1.54) is 5.39 Å². The number of amides is 1. The van der Waals surface area contributed by atoms with Crippen LogP contribution in [-0.4, -0.2) is 32.7 Å². The molecule has 1 aliphatic heterocycles. The summed E-state index contributed by atoms with van der Waals surface area (Å²) in [5.41, 5.74) is 7.00. The molecule has 2 atom stereocenters. The van der Waals surface area contributed by atoms with Gasteiger partial charge in [0.15, 0.2) is 5.82 Å². The number of nitrogens with one attached hydrogen (secondary N) is 1. The van der Waals surface area contributed by atoms with Gasteiger partial charge in [0, 0.05) is 25.4 Å². The molecule has 27 heavy (non-hydrogen) atoms. The Labute approximate surface area is 163 Å². The van der Waals surface area contributed by atoms with Crippen LogP contribution in [0.2, 0.25) is 0 Å². The lowest BCUT2D eigenvalue weighted by Crippen LogP contribution is -2.37. The van der Waals surface area contributed by atoms with Gasteiger partial charge in [0.25, 0.3) is 0 Å². The molecule has 0 spiro atoms. The molecule has 0 bridgehead atoms. The molecule has 3 aromatic rings. The topological polar surface area (TPSA) is 98.7 Å². The van der Waals surface area contributed by atoms with Crippen LogP contribution in [0.3, 0.4) is 0 Å². The first-order chi connectivity index (χ1) is 12.7. The molecule has 4 rings (SSSR count). The van der Waals surface area contributed by atoms with Gasteiger partial charge in [-0.15, -0.1) is 17.5 Å². The van der Waals surface area contributed by atoms with Crippen molar-refractivity contribution in [2.75, 3.05) is 6.54 Å². The summed E-state index contributed by atoms with van der Waals surface area (Å²) in [5, 5.41) is 17.1. The predicted molar refractivity (Wildman–Crippen MR) is 105 cm³/mol. The van der Waals surface area contributed by atoms with E-state index in [0.29, 0.717) is 19.5 Å². The van der Waals surface area contributed by atoms with E-state index >= 15 is 0 Å². The van der Waals surface area contributed by atoms with Gasteiger partial charge in [-0.25, -0.2) is 4.68 Å². The Morgan fingerprint density at radius 1 is 1.22 bits per heavy atom. The van der Waals surface area contributed by atoms with Gasteiger partial charge in [0.1, 0.15) is 0 Å². The van der Waals surface area contributed by atoms with Crippen LogP contribution in [0.1, 0.15) is 30.3 Å². The minimum atomic E-state index is -0.188. The van der Waals surface area contributed by atoms with Crippen LogP contribution in [0.25, 0.3) is 10.8 Å². The van der Waals surface area contributed by atoms with Crippen molar-refractivity contribution in [3.05, 3.63) is 53.9 Å². The SMILES string of the molecule is Cl.NCC(NC(=O)C1CCc2nnnn2CC1)c1ccc2ccccc2c1. The minimum absolute atomic E-state index is 0. The quantitative estimate of drug-likeness (QED) is 0.714. The van der Waals surface area contributed by atoms with E-state index in [0.717, 1.165) is 29.6 Å². The lowest BCUT2D eigenvalue weighted by atomic mass is 9.97. The molecular formula is C19H23ClN6O. The third-order valence-corrected chi connectivity index (χ3v) is 5.11. The normalized spacial score (nSPS) is 17.4. The number of benzene rings is 2. The molecule has 7 nitrogen and oxygen atoms in total. The molecule has 0 saturated carbocycles. The second-order valence-corrected chi connectivity index (χ2v) is 6.75. The number of halogens is 1. The fraction of sp³-hybridized carbons (Fsp3) is 0.368. The highest BCUT2D eigenvalue weighted by Gasteiger charge is 2.25. The number of rotatable bonds is 4. The van der Waals surface area contributed by atoms with Crippen molar-refractivity contribution in [1.82, 2.24) is 25.5 Å². The van der Waals surface area contributed by atoms with E-state index in [2.05, 4.69) is 45.1 Å². The smallest absolute Gasteiger partial charge is 0.223 e. The summed E-state index contributed by atoms with van der Waals surface area (Å²) in [5.74, 6) is 0.838. The molecule has 2 heterocycles. The fourth-order valence-electron chi connectivity index (χ4n) is 3.56. The summed E-state index contributed by atoms with van der Waals surface area (Å²) >= 11 is 0.